The normalized spacial score (nSPS) is 10.4. The Hall–Kier alpha value is -3.92. The van der Waals surface area contributed by atoms with Crippen molar-refractivity contribution in [3.8, 4) is 23.1 Å². The van der Waals surface area contributed by atoms with E-state index >= 15 is 0 Å². The van der Waals surface area contributed by atoms with Gasteiger partial charge in [0.2, 0.25) is 11.7 Å². The highest BCUT2D eigenvalue weighted by Gasteiger charge is 2.08. The molecule has 0 aliphatic heterocycles. The van der Waals surface area contributed by atoms with Gasteiger partial charge in [-0.3, -0.25) is 4.79 Å². The molecule has 0 aliphatic rings. The first-order valence-corrected chi connectivity index (χ1v) is 8.34. The highest BCUT2D eigenvalue weighted by Crippen LogP contribution is 2.17. The zero-order valence-corrected chi connectivity index (χ0v) is 14.8. The SMILES string of the molecule is CC(=O)Nc1cccn2nc(C#Cc3nc(-c4ccccc4)cn3C)nc12. The number of benzene rings is 1. The number of rotatable bonds is 2. The first-order valence-electron chi connectivity index (χ1n) is 8.34. The molecule has 132 valence electrons. The molecule has 0 unspecified atom stereocenters. The molecule has 4 aromatic rings. The molecule has 1 aromatic carbocycles. The number of aryl methyl sites for hydroxylation is 1. The molecule has 0 fully saturated rings. The van der Waals surface area contributed by atoms with Gasteiger partial charge in [0.25, 0.3) is 0 Å². The van der Waals surface area contributed by atoms with Crippen molar-refractivity contribution in [2.24, 2.45) is 7.05 Å². The van der Waals surface area contributed by atoms with Gasteiger partial charge < -0.3 is 9.88 Å². The van der Waals surface area contributed by atoms with E-state index in [1.54, 1.807) is 22.8 Å². The summed E-state index contributed by atoms with van der Waals surface area (Å²) in [5.41, 5.74) is 3.03. The highest BCUT2D eigenvalue weighted by molar-refractivity contribution is 5.92. The van der Waals surface area contributed by atoms with Crippen LogP contribution in [0.5, 0.6) is 0 Å². The maximum absolute atomic E-state index is 11.3. The van der Waals surface area contributed by atoms with Crippen molar-refractivity contribution in [1.82, 2.24) is 24.1 Å². The summed E-state index contributed by atoms with van der Waals surface area (Å²) in [5.74, 6) is 6.78. The van der Waals surface area contributed by atoms with Crippen LogP contribution in [0.4, 0.5) is 5.69 Å². The standard InChI is InChI=1S/C20H16N6O/c1-14(27)21-16-9-6-12-26-20(16)23-18(24-26)10-11-19-22-17(13-25(19)2)15-7-4-3-5-8-15/h3-9,12-13H,1-2H3,(H,21,27). The van der Waals surface area contributed by atoms with Crippen molar-refractivity contribution in [3.63, 3.8) is 0 Å². The summed E-state index contributed by atoms with van der Waals surface area (Å²) in [6.45, 7) is 1.45. The third-order valence-corrected chi connectivity index (χ3v) is 3.91. The Balaban J connectivity index is 1.67. The first kappa shape index (κ1) is 16.5. The quantitative estimate of drug-likeness (QED) is 0.560. The van der Waals surface area contributed by atoms with E-state index in [2.05, 4.69) is 32.2 Å². The summed E-state index contributed by atoms with van der Waals surface area (Å²) in [5, 5.41) is 7.07. The molecular formula is C20H16N6O. The lowest BCUT2D eigenvalue weighted by Gasteiger charge is -2.01. The lowest BCUT2D eigenvalue weighted by Crippen LogP contribution is -2.07. The Morgan fingerprint density at radius 1 is 1.07 bits per heavy atom. The van der Waals surface area contributed by atoms with Crippen LogP contribution in [-0.4, -0.2) is 30.1 Å². The number of carbonyl (C=O) groups excluding carboxylic acids is 1. The van der Waals surface area contributed by atoms with Gasteiger partial charge in [-0.05, 0) is 24.0 Å². The third kappa shape index (κ3) is 3.41. The molecule has 0 atom stereocenters. The average molecular weight is 356 g/mol. The fourth-order valence-electron chi connectivity index (χ4n) is 2.69. The monoisotopic (exact) mass is 356 g/mol. The first-order chi connectivity index (χ1) is 13.1. The number of carbonyl (C=O) groups is 1. The second-order valence-corrected chi connectivity index (χ2v) is 5.98. The van der Waals surface area contributed by atoms with Crippen LogP contribution in [0, 0.1) is 11.8 Å². The number of pyridine rings is 1. The molecule has 7 heteroatoms. The summed E-state index contributed by atoms with van der Waals surface area (Å²) >= 11 is 0. The predicted octanol–water partition coefficient (Wildman–Crippen LogP) is 2.49. The molecule has 7 nitrogen and oxygen atoms in total. The number of anilines is 1. The molecule has 1 N–H and O–H groups in total. The minimum atomic E-state index is -0.166. The fraction of sp³-hybridized carbons (Fsp3) is 0.100. The van der Waals surface area contributed by atoms with Gasteiger partial charge in [-0.1, -0.05) is 30.3 Å². The molecule has 0 radical (unpaired) electrons. The van der Waals surface area contributed by atoms with Crippen LogP contribution in [-0.2, 0) is 11.8 Å². The maximum Gasteiger partial charge on any atom is 0.226 e. The number of aromatic nitrogens is 5. The molecule has 0 saturated carbocycles. The summed E-state index contributed by atoms with van der Waals surface area (Å²) in [4.78, 5) is 20.3. The largest absolute Gasteiger partial charge is 0.327 e. The van der Waals surface area contributed by atoms with Gasteiger partial charge in [0.1, 0.15) is 0 Å². The summed E-state index contributed by atoms with van der Waals surface area (Å²) in [6, 6.07) is 13.5. The zero-order chi connectivity index (χ0) is 18.8. The van der Waals surface area contributed by atoms with E-state index in [4.69, 9.17) is 0 Å². The Kier molecular flexibility index (Phi) is 4.15. The molecule has 27 heavy (non-hydrogen) atoms. The van der Waals surface area contributed by atoms with Crippen LogP contribution >= 0.6 is 0 Å². The topological polar surface area (TPSA) is 77.1 Å². The Labute approximate surface area is 155 Å². The number of hydrogen-bond acceptors (Lipinski definition) is 4. The van der Waals surface area contributed by atoms with Gasteiger partial charge in [0.05, 0.1) is 11.4 Å². The van der Waals surface area contributed by atoms with Crippen molar-refractivity contribution in [2.45, 2.75) is 6.92 Å². The average Bonchev–Trinajstić information content (AvgIpc) is 3.24. The molecule has 3 aromatic heterocycles. The van der Waals surface area contributed by atoms with Crippen LogP contribution in [0.1, 0.15) is 18.6 Å². The van der Waals surface area contributed by atoms with Gasteiger partial charge in [-0.25, -0.2) is 9.50 Å². The number of hydrogen-bond donors (Lipinski definition) is 1. The number of imidazole rings is 1. The lowest BCUT2D eigenvalue weighted by molar-refractivity contribution is -0.114. The maximum atomic E-state index is 11.3. The van der Waals surface area contributed by atoms with Crippen molar-refractivity contribution in [2.75, 3.05) is 5.32 Å². The van der Waals surface area contributed by atoms with E-state index in [0.29, 0.717) is 23.0 Å². The van der Waals surface area contributed by atoms with Crippen LogP contribution in [0.2, 0.25) is 0 Å². The lowest BCUT2D eigenvalue weighted by atomic mass is 10.2. The van der Waals surface area contributed by atoms with Crippen LogP contribution in [0.25, 0.3) is 16.9 Å². The van der Waals surface area contributed by atoms with Gasteiger partial charge in [-0.15, -0.1) is 5.10 Å². The number of nitrogens with one attached hydrogen (secondary N) is 1. The van der Waals surface area contributed by atoms with E-state index in [-0.39, 0.29) is 5.91 Å². The Morgan fingerprint density at radius 3 is 2.67 bits per heavy atom. The molecule has 4 rings (SSSR count). The number of nitrogens with zero attached hydrogens (tertiary/aromatic N) is 5. The van der Waals surface area contributed by atoms with Crippen LogP contribution < -0.4 is 5.32 Å². The van der Waals surface area contributed by atoms with Crippen molar-refractivity contribution in [3.05, 3.63) is 66.5 Å². The molecule has 0 bridgehead atoms. The van der Waals surface area contributed by atoms with E-state index in [1.165, 1.54) is 6.92 Å². The molecule has 1 amide bonds. The van der Waals surface area contributed by atoms with Crippen molar-refractivity contribution in [1.29, 1.82) is 0 Å². The van der Waals surface area contributed by atoms with Crippen molar-refractivity contribution >= 4 is 17.2 Å². The minimum Gasteiger partial charge on any atom is -0.327 e. The van der Waals surface area contributed by atoms with Crippen LogP contribution in [0.15, 0.2) is 54.9 Å². The third-order valence-electron chi connectivity index (χ3n) is 3.91. The minimum absolute atomic E-state index is 0.166. The number of amides is 1. The highest BCUT2D eigenvalue weighted by atomic mass is 16.1. The van der Waals surface area contributed by atoms with Gasteiger partial charge >= 0.3 is 0 Å². The molecule has 0 saturated heterocycles. The Bertz CT molecular complexity index is 1190. The molecular weight excluding hydrogens is 340 g/mol. The second-order valence-electron chi connectivity index (χ2n) is 5.98. The van der Waals surface area contributed by atoms with Crippen LogP contribution in [0.3, 0.4) is 0 Å². The van der Waals surface area contributed by atoms with E-state index in [9.17, 15) is 4.79 Å². The number of fused-ring (bicyclic) bond motifs is 1. The van der Waals surface area contributed by atoms with Crippen molar-refractivity contribution < 1.29 is 4.79 Å². The Morgan fingerprint density at radius 2 is 1.89 bits per heavy atom. The summed E-state index contributed by atoms with van der Waals surface area (Å²) < 4.78 is 3.46. The van der Waals surface area contributed by atoms with Gasteiger partial charge in [-0.2, -0.15) is 4.98 Å². The fourth-order valence-corrected chi connectivity index (χ4v) is 2.69. The summed E-state index contributed by atoms with van der Waals surface area (Å²) in [6.07, 6.45) is 3.69. The summed E-state index contributed by atoms with van der Waals surface area (Å²) in [7, 11) is 1.90. The van der Waals surface area contributed by atoms with E-state index in [1.807, 2.05) is 48.1 Å². The van der Waals surface area contributed by atoms with E-state index in [0.717, 1.165) is 11.3 Å². The second kappa shape index (κ2) is 6.77. The molecule has 0 spiro atoms. The molecule has 3 heterocycles. The van der Waals surface area contributed by atoms with Gasteiger partial charge in [0.15, 0.2) is 11.5 Å². The van der Waals surface area contributed by atoms with Gasteiger partial charge in [0, 0.05) is 31.9 Å². The zero-order valence-electron chi connectivity index (χ0n) is 14.8. The predicted molar refractivity (Wildman–Crippen MR) is 102 cm³/mol. The smallest absolute Gasteiger partial charge is 0.226 e. The molecule has 0 aliphatic carbocycles. The van der Waals surface area contributed by atoms with E-state index < -0.39 is 0 Å².